The molecule has 5 heteroatoms. The summed E-state index contributed by atoms with van der Waals surface area (Å²) in [7, 11) is 0. The summed E-state index contributed by atoms with van der Waals surface area (Å²) in [6.07, 6.45) is 5.60. The molecule has 5 nitrogen and oxygen atoms in total. The molecule has 3 rings (SSSR count). The van der Waals surface area contributed by atoms with Crippen molar-refractivity contribution >= 4 is 11.6 Å². The molecule has 0 amide bonds. The number of fused-ring (bicyclic) bond motifs is 2. The highest BCUT2D eigenvalue weighted by Gasteiger charge is 2.42. The zero-order chi connectivity index (χ0) is 15.0. The topological polar surface area (TPSA) is 61.3 Å². The normalized spacial score (nSPS) is 28.2. The number of anilines is 2. The van der Waals surface area contributed by atoms with Crippen molar-refractivity contribution in [3.8, 4) is 0 Å². The molecule has 2 bridgehead atoms. The molecule has 1 aromatic rings. The van der Waals surface area contributed by atoms with Gasteiger partial charge in [-0.25, -0.2) is 9.97 Å². The molecular weight excluding hydrogens is 264 g/mol. The molecule has 2 N–H and O–H groups in total. The third kappa shape index (κ3) is 2.59. The first-order valence-corrected chi connectivity index (χ1v) is 8.17. The van der Waals surface area contributed by atoms with Crippen LogP contribution in [0.4, 0.5) is 11.6 Å². The van der Waals surface area contributed by atoms with E-state index in [2.05, 4.69) is 41.0 Å². The number of aliphatic hydroxyl groups is 1. The highest BCUT2D eigenvalue weighted by Crippen LogP contribution is 2.42. The van der Waals surface area contributed by atoms with E-state index in [-0.39, 0.29) is 6.10 Å². The van der Waals surface area contributed by atoms with Gasteiger partial charge in [0.2, 0.25) is 0 Å². The molecule has 116 valence electrons. The van der Waals surface area contributed by atoms with Crippen molar-refractivity contribution in [1.82, 2.24) is 9.97 Å². The summed E-state index contributed by atoms with van der Waals surface area (Å²) < 4.78 is 0. The minimum Gasteiger partial charge on any atom is -0.393 e. The molecule has 0 aromatic carbocycles. The van der Waals surface area contributed by atoms with Gasteiger partial charge >= 0.3 is 0 Å². The van der Waals surface area contributed by atoms with Crippen molar-refractivity contribution in [2.45, 2.75) is 70.6 Å². The van der Waals surface area contributed by atoms with Crippen molar-refractivity contribution in [2.24, 2.45) is 0 Å². The number of nitrogens with zero attached hydrogens (tertiary/aromatic N) is 3. The van der Waals surface area contributed by atoms with E-state index in [0.717, 1.165) is 31.0 Å². The minimum absolute atomic E-state index is 0.142. The zero-order valence-corrected chi connectivity index (χ0v) is 13.2. The molecule has 0 radical (unpaired) electrons. The molecule has 2 saturated heterocycles. The summed E-state index contributed by atoms with van der Waals surface area (Å²) in [4.78, 5) is 11.5. The first kappa shape index (κ1) is 14.6. The molecule has 2 atom stereocenters. The Labute approximate surface area is 126 Å². The number of nitrogens with one attached hydrogen (secondary N) is 1. The molecule has 2 unspecified atom stereocenters. The summed E-state index contributed by atoms with van der Waals surface area (Å²) in [5.41, 5.74) is 1.22. The van der Waals surface area contributed by atoms with Crippen LogP contribution >= 0.6 is 0 Å². The van der Waals surface area contributed by atoms with Gasteiger partial charge < -0.3 is 15.3 Å². The van der Waals surface area contributed by atoms with E-state index in [9.17, 15) is 5.11 Å². The van der Waals surface area contributed by atoms with E-state index >= 15 is 0 Å². The van der Waals surface area contributed by atoms with Gasteiger partial charge in [0.1, 0.15) is 18.0 Å². The lowest BCUT2D eigenvalue weighted by Crippen LogP contribution is -2.45. The largest absolute Gasteiger partial charge is 0.393 e. The highest BCUT2D eigenvalue weighted by atomic mass is 16.3. The second kappa shape index (κ2) is 5.79. The van der Waals surface area contributed by atoms with Crippen molar-refractivity contribution in [3.63, 3.8) is 0 Å². The van der Waals surface area contributed by atoms with E-state index in [0.29, 0.717) is 18.0 Å². The Bertz CT molecular complexity index is 491. The second-order valence-corrected chi connectivity index (χ2v) is 6.56. The van der Waals surface area contributed by atoms with Crippen molar-refractivity contribution < 1.29 is 5.11 Å². The summed E-state index contributed by atoms with van der Waals surface area (Å²) in [5.74, 6) is 2.42. The van der Waals surface area contributed by atoms with E-state index in [4.69, 9.17) is 0 Å². The summed E-state index contributed by atoms with van der Waals surface area (Å²) >= 11 is 0. The standard InChI is InChI=1S/C16H26N4O/c1-4-17-15-14(10(2)3)16(19-9-18-15)20-11-5-6-12(20)8-13(21)7-11/h9-13,21H,4-8H2,1-3H3,(H,17,18,19). The van der Waals surface area contributed by atoms with E-state index in [1.54, 1.807) is 6.33 Å². The Balaban J connectivity index is 2.00. The Hall–Kier alpha value is -1.36. The van der Waals surface area contributed by atoms with Crippen LogP contribution in [0.15, 0.2) is 6.33 Å². The fourth-order valence-electron chi connectivity index (χ4n) is 3.93. The van der Waals surface area contributed by atoms with Crippen LogP contribution in [-0.2, 0) is 0 Å². The Morgan fingerprint density at radius 1 is 1.29 bits per heavy atom. The summed E-state index contributed by atoms with van der Waals surface area (Å²) in [6, 6.07) is 0.862. The maximum atomic E-state index is 10.0. The van der Waals surface area contributed by atoms with Crippen LogP contribution in [0, 0.1) is 0 Å². The van der Waals surface area contributed by atoms with Crippen LogP contribution in [0.25, 0.3) is 0 Å². The quantitative estimate of drug-likeness (QED) is 0.892. The molecule has 21 heavy (non-hydrogen) atoms. The van der Waals surface area contributed by atoms with Gasteiger partial charge in [-0.15, -0.1) is 0 Å². The van der Waals surface area contributed by atoms with Crippen LogP contribution in [0.5, 0.6) is 0 Å². The zero-order valence-electron chi connectivity index (χ0n) is 13.2. The average Bonchev–Trinajstić information content (AvgIpc) is 2.70. The molecule has 0 spiro atoms. The summed E-state index contributed by atoms with van der Waals surface area (Å²) in [5, 5.41) is 13.4. The van der Waals surface area contributed by atoms with Crippen LogP contribution < -0.4 is 10.2 Å². The maximum Gasteiger partial charge on any atom is 0.138 e. The van der Waals surface area contributed by atoms with Crippen LogP contribution in [0.3, 0.4) is 0 Å². The fraction of sp³-hybridized carbons (Fsp3) is 0.750. The van der Waals surface area contributed by atoms with Gasteiger partial charge in [-0.2, -0.15) is 0 Å². The van der Waals surface area contributed by atoms with Gasteiger partial charge in [0, 0.05) is 24.2 Å². The number of hydrogen-bond acceptors (Lipinski definition) is 5. The summed E-state index contributed by atoms with van der Waals surface area (Å²) in [6.45, 7) is 7.35. The number of aromatic nitrogens is 2. The third-order valence-electron chi connectivity index (χ3n) is 4.74. The van der Waals surface area contributed by atoms with Crippen molar-refractivity contribution in [3.05, 3.63) is 11.9 Å². The monoisotopic (exact) mass is 290 g/mol. The van der Waals surface area contributed by atoms with Crippen LogP contribution in [0.2, 0.25) is 0 Å². The SMILES string of the molecule is CCNc1ncnc(N2C3CCC2CC(O)C3)c1C(C)C. The molecule has 3 heterocycles. The highest BCUT2D eigenvalue weighted by molar-refractivity contribution is 5.62. The average molecular weight is 290 g/mol. The van der Waals surface area contributed by atoms with Crippen molar-refractivity contribution in [1.29, 1.82) is 0 Å². The molecule has 2 aliphatic rings. The minimum atomic E-state index is -0.142. The maximum absolute atomic E-state index is 10.0. The predicted octanol–water partition coefficient (Wildman–Crippen LogP) is 2.52. The van der Waals surface area contributed by atoms with Crippen LogP contribution in [-0.4, -0.2) is 39.8 Å². The Morgan fingerprint density at radius 3 is 2.52 bits per heavy atom. The smallest absolute Gasteiger partial charge is 0.138 e. The lowest BCUT2D eigenvalue weighted by atomic mass is 9.97. The van der Waals surface area contributed by atoms with Gasteiger partial charge in [0.05, 0.1) is 6.10 Å². The molecule has 1 aromatic heterocycles. The molecular formula is C16H26N4O. The predicted molar refractivity (Wildman–Crippen MR) is 84.8 cm³/mol. The van der Waals surface area contributed by atoms with E-state index < -0.39 is 0 Å². The lowest BCUT2D eigenvalue weighted by Gasteiger charge is -2.39. The first-order chi connectivity index (χ1) is 10.1. The van der Waals surface area contributed by atoms with Gasteiger partial charge in [0.15, 0.2) is 0 Å². The fourth-order valence-corrected chi connectivity index (χ4v) is 3.93. The van der Waals surface area contributed by atoms with Gasteiger partial charge in [-0.05, 0) is 38.5 Å². The Kier molecular flexibility index (Phi) is 4.02. The number of hydrogen-bond donors (Lipinski definition) is 2. The van der Waals surface area contributed by atoms with Gasteiger partial charge in [-0.3, -0.25) is 0 Å². The third-order valence-corrected chi connectivity index (χ3v) is 4.74. The molecule has 2 fully saturated rings. The molecule has 2 aliphatic heterocycles. The number of aliphatic hydroxyl groups excluding tert-OH is 1. The van der Waals surface area contributed by atoms with Gasteiger partial charge in [0.25, 0.3) is 0 Å². The van der Waals surface area contributed by atoms with Gasteiger partial charge in [-0.1, -0.05) is 13.8 Å². The second-order valence-electron chi connectivity index (χ2n) is 6.56. The molecule has 0 saturated carbocycles. The van der Waals surface area contributed by atoms with Crippen LogP contribution in [0.1, 0.15) is 57.9 Å². The van der Waals surface area contributed by atoms with E-state index in [1.165, 1.54) is 18.4 Å². The number of rotatable bonds is 4. The lowest BCUT2D eigenvalue weighted by molar-refractivity contribution is 0.126. The molecule has 0 aliphatic carbocycles. The first-order valence-electron chi connectivity index (χ1n) is 8.17. The van der Waals surface area contributed by atoms with Crippen molar-refractivity contribution in [2.75, 3.05) is 16.8 Å². The number of piperidine rings is 1. The van der Waals surface area contributed by atoms with E-state index in [1.807, 2.05) is 0 Å². The Morgan fingerprint density at radius 2 is 1.95 bits per heavy atom.